The van der Waals surface area contributed by atoms with Crippen LogP contribution in [0.1, 0.15) is 85.5 Å². The van der Waals surface area contributed by atoms with E-state index >= 15 is 0 Å². The fraction of sp³-hybridized carbons (Fsp3) is 0.895. The molecule has 0 saturated heterocycles. The van der Waals surface area contributed by atoms with E-state index in [-0.39, 0.29) is 0 Å². The Balaban J connectivity index is 3.75. The molecule has 0 heterocycles. The molecule has 0 aromatic carbocycles. The van der Waals surface area contributed by atoms with E-state index in [0.717, 1.165) is 18.9 Å². The third-order valence-corrected chi connectivity index (χ3v) is 7.26. The zero-order valence-electron chi connectivity index (χ0n) is 16.1. The molecule has 0 unspecified atom stereocenters. The summed E-state index contributed by atoms with van der Waals surface area (Å²) in [4.78, 5) is 0. The molecule has 0 radical (unpaired) electrons. The SMILES string of the molecule is C=C(CC)CCCCCCCCC[Si](OCC)(OCC)OCC. The first-order valence-electron chi connectivity index (χ1n) is 9.72. The summed E-state index contributed by atoms with van der Waals surface area (Å²) in [6, 6.07) is 0.957. The van der Waals surface area contributed by atoms with Crippen LogP contribution in [0.5, 0.6) is 0 Å². The topological polar surface area (TPSA) is 27.7 Å². The van der Waals surface area contributed by atoms with Crippen LogP contribution in [0.3, 0.4) is 0 Å². The van der Waals surface area contributed by atoms with Gasteiger partial charge in [-0.15, -0.1) is 0 Å². The van der Waals surface area contributed by atoms with Crippen molar-refractivity contribution in [3.8, 4) is 0 Å². The molecule has 0 spiro atoms. The lowest BCUT2D eigenvalue weighted by atomic mass is 10.0. The van der Waals surface area contributed by atoms with Crippen LogP contribution in [0.2, 0.25) is 6.04 Å². The van der Waals surface area contributed by atoms with Gasteiger partial charge in [-0.1, -0.05) is 51.2 Å². The Morgan fingerprint density at radius 1 is 0.696 bits per heavy atom. The van der Waals surface area contributed by atoms with E-state index in [9.17, 15) is 0 Å². The van der Waals surface area contributed by atoms with Crippen LogP contribution in [0.25, 0.3) is 0 Å². The first-order chi connectivity index (χ1) is 11.1. The van der Waals surface area contributed by atoms with Crippen LogP contribution < -0.4 is 0 Å². The van der Waals surface area contributed by atoms with Crippen LogP contribution in [0, 0.1) is 0 Å². The lowest BCUT2D eigenvalue weighted by Gasteiger charge is -2.28. The quantitative estimate of drug-likeness (QED) is 0.181. The Hall–Kier alpha value is -0.163. The van der Waals surface area contributed by atoms with Gasteiger partial charge in [-0.2, -0.15) is 0 Å². The van der Waals surface area contributed by atoms with E-state index in [0.29, 0.717) is 19.8 Å². The van der Waals surface area contributed by atoms with Crippen LogP contribution in [-0.2, 0) is 13.3 Å². The molecule has 0 rings (SSSR count). The zero-order valence-corrected chi connectivity index (χ0v) is 17.1. The van der Waals surface area contributed by atoms with Crippen LogP contribution in [0.4, 0.5) is 0 Å². The van der Waals surface area contributed by atoms with Crippen molar-refractivity contribution in [2.24, 2.45) is 0 Å². The molecular weight excluding hydrogens is 304 g/mol. The maximum Gasteiger partial charge on any atom is 0.500 e. The van der Waals surface area contributed by atoms with Crippen molar-refractivity contribution in [2.75, 3.05) is 19.8 Å². The molecule has 23 heavy (non-hydrogen) atoms. The van der Waals surface area contributed by atoms with Gasteiger partial charge in [-0.05, 0) is 46.5 Å². The molecule has 0 N–H and O–H groups in total. The Morgan fingerprint density at radius 3 is 1.57 bits per heavy atom. The predicted octanol–water partition coefficient (Wildman–Crippen LogP) is 6.12. The highest BCUT2D eigenvalue weighted by atomic mass is 28.4. The maximum absolute atomic E-state index is 5.89. The van der Waals surface area contributed by atoms with E-state index in [4.69, 9.17) is 13.3 Å². The van der Waals surface area contributed by atoms with Gasteiger partial charge in [0.15, 0.2) is 0 Å². The predicted molar refractivity (Wildman–Crippen MR) is 102 cm³/mol. The molecule has 3 nitrogen and oxygen atoms in total. The average molecular weight is 345 g/mol. The van der Waals surface area contributed by atoms with Crippen molar-refractivity contribution in [3.05, 3.63) is 12.2 Å². The van der Waals surface area contributed by atoms with Crippen LogP contribution in [-0.4, -0.2) is 28.6 Å². The van der Waals surface area contributed by atoms with Gasteiger partial charge in [0.05, 0.1) is 0 Å². The van der Waals surface area contributed by atoms with E-state index in [1.54, 1.807) is 0 Å². The van der Waals surface area contributed by atoms with Gasteiger partial charge in [-0.3, -0.25) is 0 Å². The fourth-order valence-electron chi connectivity index (χ4n) is 2.78. The Morgan fingerprint density at radius 2 is 1.13 bits per heavy atom. The molecule has 0 atom stereocenters. The minimum absolute atomic E-state index is 0.676. The first kappa shape index (κ1) is 22.8. The van der Waals surface area contributed by atoms with Gasteiger partial charge in [0.25, 0.3) is 0 Å². The molecule has 0 fully saturated rings. The monoisotopic (exact) mass is 344 g/mol. The summed E-state index contributed by atoms with van der Waals surface area (Å²) in [5, 5.41) is 0. The van der Waals surface area contributed by atoms with E-state index < -0.39 is 8.80 Å². The minimum Gasteiger partial charge on any atom is -0.374 e. The highest BCUT2D eigenvalue weighted by Crippen LogP contribution is 2.21. The van der Waals surface area contributed by atoms with Crippen molar-refractivity contribution in [3.63, 3.8) is 0 Å². The lowest BCUT2D eigenvalue weighted by molar-refractivity contribution is 0.0706. The van der Waals surface area contributed by atoms with Crippen molar-refractivity contribution in [1.29, 1.82) is 0 Å². The molecule has 0 amide bonds. The average Bonchev–Trinajstić information content (AvgIpc) is 2.53. The highest BCUT2D eigenvalue weighted by molar-refractivity contribution is 6.60. The summed E-state index contributed by atoms with van der Waals surface area (Å²) in [5.74, 6) is 0. The molecule has 0 bridgehead atoms. The Bertz CT molecular complexity index is 265. The summed E-state index contributed by atoms with van der Waals surface area (Å²) < 4.78 is 17.7. The molecule has 138 valence electrons. The number of hydrogen-bond acceptors (Lipinski definition) is 3. The van der Waals surface area contributed by atoms with Gasteiger partial charge in [0.2, 0.25) is 0 Å². The number of unbranched alkanes of at least 4 members (excludes halogenated alkanes) is 6. The number of rotatable bonds is 17. The smallest absolute Gasteiger partial charge is 0.374 e. The summed E-state index contributed by atoms with van der Waals surface area (Å²) in [6.45, 7) is 14.4. The molecule has 0 aliphatic heterocycles. The first-order valence-corrected chi connectivity index (χ1v) is 11.7. The number of allylic oxidation sites excluding steroid dienone is 1. The Labute approximate surface area is 146 Å². The fourth-order valence-corrected chi connectivity index (χ4v) is 5.46. The van der Waals surface area contributed by atoms with E-state index in [1.165, 1.54) is 50.5 Å². The molecule has 0 aliphatic carbocycles. The molecule has 0 saturated carbocycles. The largest absolute Gasteiger partial charge is 0.500 e. The lowest BCUT2D eigenvalue weighted by Crippen LogP contribution is -2.45. The second-order valence-electron chi connectivity index (χ2n) is 6.06. The van der Waals surface area contributed by atoms with Crippen LogP contribution in [0.15, 0.2) is 12.2 Å². The van der Waals surface area contributed by atoms with Gasteiger partial charge in [0, 0.05) is 25.9 Å². The summed E-state index contributed by atoms with van der Waals surface area (Å²) in [7, 11) is -2.40. The van der Waals surface area contributed by atoms with Crippen molar-refractivity contribution < 1.29 is 13.3 Å². The normalized spacial score (nSPS) is 11.8. The maximum atomic E-state index is 5.89. The van der Waals surface area contributed by atoms with Crippen molar-refractivity contribution in [1.82, 2.24) is 0 Å². The second-order valence-corrected chi connectivity index (χ2v) is 8.79. The second kappa shape index (κ2) is 15.4. The van der Waals surface area contributed by atoms with Gasteiger partial charge in [-0.25, -0.2) is 0 Å². The summed E-state index contributed by atoms with van der Waals surface area (Å²) >= 11 is 0. The molecule has 4 heteroatoms. The molecule has 0 aliphatic rings. The van der Waals surface area contributed by atoms with E-state index in [1.807, 2.05) is 20.8 Å². The minimum atomic E-state index is -2.40. The molecular formula is C19H40O3Si. The summed E-state index contributed by atoms with van der Waals surface area (Å²) in [5.41, 5.74) is 1.40. The van der Waals surface area contributed by atoms with Gasteiger partial charge in [0.1, 0.15) is 0 Å². The van der Waals surface area contributed by atoms with Crippen molar-refractivity contribution in [2.45, 2.75) is 91.5 Å². The third kappa shape index (κ3) is 11.9. The Kier molecular flexibility index (Phi) is 15.3. The highest BCUT2D eigenvalue weighted by Gasteiger charge is 2.39. The zero-order chi connectivity index (χ0) is 17.4. The molecule has 0 aromatic heterocycles. The standard InChI is InChI=1S/C19H40O3Si/c1-6-19(5)17-15-13-11-10-12-14-16-18-23(20-7-2,21-8-3)22-9-4/h5-18H2,1-4H3. The third-order valence-electron chi connectivity index (χ3n) is 4.11. The van der Waals surface area contributed by atoms with Crippen molar-refractivity contribution >= 4 is 8.80 Å². The van der Waals surface area contributed by atoms with Gasteiger partial charge < -0.3 is 13.3 Å². The summed E-state index contributed by atoms with van der Waals surface area (Å²) in [6.07, 6.45) is 11.4. The van der Waals surface area contributed by atoms with Gasteiger partial charge >= 0.3 is 8.80 Å². The number of hydrogen-bond donors (Lipinski definition) is 0. The van der Waals surface area contributed by atoms with E-state index in [2.05, 4.69) is 13.5 Å². The molecule has 0 aromatic rings. The van der Waals surface area contributed by atoms with Crippen LogP contribution >= 0.6 is 0 Å².